The van der Waals surface area contributed by atoms with Gasteiger partial charge in [-0.1, -0.05) is 6.07 Å². The number of hydroxylamine groups is 1. The lowest BCUT2D eigenvalue weighted by Crippen LogP contribution is -2.23. The molecule has 0 aliphatic rings. The number of aromatic nitrogens is 2. The Bertz CT molecular complexity index is 894. The number of amides is 1. The van der Waals surface area contributed by atoms with Crippen molar-refractivity contribution in [2.75, 3.05) is 11.9 Å². The Hall–Kier alpha value is -3.00. The largest absolute Gasteiger partial charge is 0.447 e. The maximum absolute atomic E-state index is 14.1. The number of carbonyl (C=O) groups excluding carboxylic acids is 1. The summed E-state index contributed by atoms with van der Waals surface area (Å²) in [5.41, 5.74) is 3.89. The summed E-state index contributed by atoms with van der Waals surface area (Å²) in [6.45, 7) is 3.81. The maximum atomic E-state index is 14.1. The first kappa shape index (κ1) is 15.9. The Morgan fingerprint density at radius 2 is 2.12 bits per heavy atom. The second-order valence-corrected chi connectivity index (χ2v) is 5.05. The molecule has 2 heterocycles. The molecule has 2 aromatic heterocycles. The maximum Gasteiger partial charge on any atom is 0.312 e. The van der Waals surface area contributed by atoms with Crippen molar-refractivity contribution in [3.63, 3.8) is 0 Å². The summed E-state index contributed by atoms with van der Waals surface area (Å²) < 4.78 is 19.6. The summed E-state index contributed by atoms with van der Waals surface area (Å²) in [6, 6.07) is 4.74. The van der Waals surface area contributed by atoms with Gasteiger partial charge in [0.05, 0.1) is 30.1 Å². The molecule has 0 saturated carbocycles. The molecule has 3 rings (SSSR count). The molecule has 0 aliphatic carbocycles. The van der Waals surface area contributed by atoms with Crippen LogP contribution in [0.25, 0.3) is 11.0 Å². The summed E-state index contributed by atoms with van der Waals surface area (Å²) in [5.74, 6) is -1.08. The van der Waals surface area contributed by atoms with Crippen LogP contribution in [0.1, 0.15) is 23.0 Å². The third kappa shape index (κ3) is 3.04. The van der Waals surface area contributed by atoms with Gasteiger partial charge in [0, 0.05) is 0 Å². The first-order valence-electron chi connectivity index (χ1n) is 7.28. The van der Waals surface area contributed by atoms with Crippen LogP contribution >= 0.6 is 0 Å². The predicted octanol–water partition coefficient (Wildman–Crippen LogP) is 3.10. The van der Waals surface area contributed by atoms with Crippen molar-refractivity contribution in [2.24, 2.45) is 0 Å². The van der Waals surface area contributed by atoms with Crippen molar-refractivity contribution < 1.29 is 18.4 Å². The minimum absolute atomic E-state index is 0.0479. The van der Waals surface area contributed by atoms with E-state index >= 15 is 0 Å². The topological polar surface area (TPSA) is 89.3 Å². The monoisotopic (exact) mass is 330 g/mol. The molecular formula is C16H15FN4O3. The number of hydrogen-bond acceptors (Lipinski definition) is 6. The van der Waals surface area contributed by atoms with Gasteiger partial charge in [0.25, 0.3) is 0 Å². The Morgan fingerprint density at radius 1 is 1.33 bits per heavy atom. The molecule has 0 saturated heterocycles. The van der Waals surface area contributed by atoms with E-state index in [1.54, 1.807) is 26.0 Å². The number of fused-ring (bicyclic) bond motifs is 1. The number of aryl methyl sites for hydroxylation is 1. The van der Waals surface area contributed by atoms with Gasteiger partial charge < -0.3 is 9.73 Å². The van der Waals surface area contributed by atoms with Crippen LogP contribution in [-0.2, 0) is 4.84 Å². The molecular weight excluding hydrogens is 315 g/mol. The van der Waals surface area contributed by atoms with E-state index in [0.29, 0.717) is 23.3 Å². The number of furan rings is 1. The Kier molecular flexibility index (Phi) is 4.39. The fourth-order valence-corrected chi connectivity index (χ4v) is 2.19. The first-order chi connectivity index (χ1) is 11.6. The van der Waals surface area contributed by atoms with Crippen molar-refractivity contribution in [1.82, 2.24) is 15.7 Å². The second-order valence-electron chi connectivity index (χ2n) is 5.05. The van der Waals surface area contributed by atoms with Gasteiger partial charge >= 0.3 is 5.91 Å². The normalized spacial score (nSPS) is 10.8. The summed E-state index contributed by atoms with van der Waals surface area (Å²) in [5, 5.41) is 10.9. The van der Waals surface area contributed by atoms with Crippen molar-refractivity contribution in [1.29, 1.82) is 0 Å². The van der Waals surface area contributed by atoms with Crippen molar-refractivity contribution >= 4 is 28.3 Å². The number of halogens is 1. The number of hydrogen-bond donors (Lipinski definition) is 2. The highest BCUT2D eigenvalue weighted by atomic mass is 19.1. The lowest BCUT2D eigenvalue weighted by Gasteiger charge is -2.09. The van der Waals surface area contributed by atoms with Crippen molar-refractivity contribution in [2.45, 2.75) is 13.8 Å². The zero-order valence-electron chi connectivity index (χ0n) is 13.1. The minimum Gasteiger partial charge on any atom is -0.447 e. The van der Waals surface area contributed by atoms with Crippen LogP contribution in [0.5, 0.6) is 0 Å². The van der Waals surface area contributed by atoms with Crippen LogP contribution in [0.4, 0.5) is 15.8 Å². The van der Waals surface area contributed by atoms with Gasteiger partial charge in [-0.25, -0.2) is 9.87 Å². The van der Waals surface area contributed by atoms with Gasteiger partial charge in [-0.15, -0.1) is 0 Å². The van der Waals surface area contributed by atoms with Crippen LogP contribution in [0.2, 0.25) is 0 Å². The zero-order chi connectivity index (χ0) is 17.1. The van der Waals surface area contributed by atoms with Gasteiger partial charge in [-0.2, -0.15) is 10.2 Å². The Morgan fingerprint density at radius 3 is 2.88 bits per heavy atom. The van der Waals surface area contributed by atoms with E-state index in [0.717, 1.165) is 5.56 Å². The number of carbonyl (C=O) groups is 1. The number of rotatable bonds is 5. The third-order valence-electron chi connectivity index (χ3n) is 3.30. The molecule has 0 spiro atoms. The molecule has 0 unspecified atom stereocenters. The second kappa shape index (κ2) is 6.63. The summed E-state index contributed by atoms with van der Waals surface area (Å²) in [7, 11) is 0. The quantitative estimate of drug-likeness (QED) is 0.699. The summed E-state index contributed by atoms with van der Waals surface area (Å²) in [6.07, 6.45) is 2.81. The standard InChI is InChI=1S/C16H15FN4O3/c1-3-23-21-16(22)15-14(10-7-18-19-8-13(10)24-15)20-12-5-4-9(2)6-11(12)17/h4-8,20H,3H2,1-2H3,(H,21,22). The van der Waals surface area contributed by atoms with Crippen LogP contribution in [0, 0.1) is 12.7 Å². The fourth-order valence-electron chi connectivity index (χ4n) is 2.19. The molecule has 0 aliphatic heterocycles. The van der Waals surface area contributed by atoms with E-state index in [1.807, 2.05) is 0 Å². The highest BCUT2D eigenvalue weighted by Gasteiger charge is 2.22. The molecule has 7 nitrogen and oxygen atoms in total. The molecule has 8 heteroatoms. The summed E-state index contributed by atoms with van der Waals surface area (Å²) >= 11 is 0. The molecule has 24 heavy (non-hydrogen) atoms. The van der Waals surface area contributed by atoms with E-state index in [1.165, 1.54) is 18.5 Å². The number of benzene rings is 1. The van der Waals surface area contributed by atoms with Crippen LogP contribution in [-0.4, -0.2) is 22.7 Å². The zero-order valence-corrected chi connectivity index (χ0v) is 13.1. The average Bonchev–Trinajstić information content (AvgIpc) is 2.94. The highest BCUT2D eigenvalue weighted by Crippen LogP contribution is 2.33. The van der Waals surface area contributed by atoms with Crippen molar-refractivity contribution in [3.8, 4) is 0 Å². The van der Waals surface area contributed by atoms with Crippen molar-refractivity contribution in [3.05, 3.63) is 47.7 Å². The number of nitrogens with one attached hydrogen (secondary N) is 2. The molecule has 124 valence electrons. The van der Waals surface area contributed by atoms with Gasteiger partial charge in [0.15, 0.2) is 5.58 Å². The van der Waals surface area contributed by atoms with E-state index in [4.69, 9.17) is 9.25 Å². The average molecular weight is 330 g/mol. The van der Waals surface area contributed by atoms with Gasteiger partial charge in [-0.05, 0) is 31.5 Å². The highest BCUT2D eigenvalue weighted by molar-refractivity contribution is 6.06. The predicted molar refractivity (Wildman–Crippen MR) is 85.3 cm³/mol. The summed E-state index contributed by atoms with van der Waals surface area (Å²) in [4.78, 5) is 17.1. The molecule has 1 amide bonds. The van der Waals surface area contributed by atoms with E-state index in [9.17, 15) is 9.18 Å². The van der Waals surface area contributed by atoms with E-state index in [2.05, 4.69) is 21.0 Å². The van der Waals surface area contributed by atoms with E-state index < -0.39 is 11.7 Å². The SMILES string of the molecule is CCONC(=O)c1oc2cnncc2c1Nc1ccc(C)cc1F. The third-order valence-corrected chi connectivity index (χ3v) is 3.30. The molecule has 0 fully saturated rings. The number of nitrogens with zero attached hydrogens (tertiary/aromatic N) is 2. The molecule has 0 bridgehead atoms. The lowest BCUT2D eigenvalue weighted by atomic mass is 10.2. The molecule has 3 aromatic rings. The Balaban J connectivity index is 2.05. The molecule has 0 atom stereocenters. The molecule has 1 aromatic carbocycles. The van der Waals surface area contributed by atoms with Crippen LogP contribution < -0.4 is 10.8 Å². The smallest absolute Gasteiger partial charge is 0.312 e. The van der Waals surface area contributed by atoms with E-state index in [-0.39, 0.29) is 11.4 Å². The van der Waals surface area contributed by atoms with Gasteiger partial charge in [-0.3, -0.25) is 9.63 Å². The number of anilines is 2. The first-order valence-corrected chi connectivity index (χ1v) is 7.28. The fraction of sp³-hybridized carbons (Fsp3) is 0.188. The molecule has 2 N–H and O–H groups in total. The minimum atomic E-state index is -0.594. The lowest BCUT2D eigenvalue weighted by molar-refractivity contribution is 0.0343. The van der Waals surface area contributed by atoms with Crippen LogP contribution in [0.15, 0.2) is 35.0 Å². The Labute approximate surface area is 136 Å². The van der Waals surface area contributed by atoms with Gasteiger partial charge in [0.1, 0.15) is 11.5 Å². The van der Waals surface area contributed by atoms with Gasteiger partial charge in [0.2, 0.25) is 5.76 Å². The van der Waals surface area contributed by atoms with Crippen LogP contribution in [0.3, 0.4) is 0 Å². The molecule has 0 radical (unpaired) electrons.